The standard InChI is InChI=1S/C13H17FN2O3/c1-3-16(8-12(17)15-2)7-9-4-5-10(13(18)19)11(14)6-9/h4-6H,3,7-8H2,1-2H3,(H,15,17)(H,18,19). The second-order valence-electron chi connectivity index (χ2n) is 4.10. The van der Waals surface area contributed by atoms with E-state index in [0.29, 0.717) is 18.7 Å². The van der Waals surface area contributed by atoms with Crippen LogP contribution in [0.4, 0.5) is 4.39 Å². The summed E-state index contributed by atoms with van der Waals surface area (Å²) in [7, 11) is 1.55. The van der Waals surface area contributed by atoms with Gasteiger partial charge in [-0.15, -0.1) is 0 Å². The molecule has 0 heterocycles. The molecule has 0 saturated carbocycles. The maximum atomic E-state index is 13.5. The second-order valence-corrected chi connectivity index (χ2v) is 4.10. The average Bonchev–Trinajstić information content (AvgIpc) is 2.37. The van der Waals surface area contributed by atoms with Crippen molar-refractivity contribution in [1.29, 1.82) is 0 Å². The SMILES string of the molecule is CCN(CC(=O)NC)Cc1ccc(C(=O)O)c(F)c1. The largest absolute Gasteiger partial charge is 0.478 e. The van der Waals surface area contributed by atoms with Crippen molar-refractivity contribution in [3.8, 4) is 0 Å². The molecule has 0 aromatic heterocycles. The van der Waals surface area contributed by atoms with Crippen LogP contribution in [0.5, 0.6) is 0 Å². The fourth-order valence-corrected chi connectivity index (χ4v) is 1.65. The smallest absolute Gasteiger partial charge is 0.338 e. The Morgan fingerprint density at radius 1 is 1.42 bits per heavy atom. The summed E-state index contributed by atoms with van der Waals surface area (Å²) < 4.78 is 13.5. The number of carboxylic acids is 1. The monoisotopic (exact) mass is 268 g/mol. The van der Waals surface area contributed by atoms with Crippen LogP contribution < -0.4 is 5.32 Å². The van der Waals surface area contributed by atoms with Crippen LogP contribution in [-0.2, 0) is 11.3 Å². The Morgan fingerprint density at radius 3 is 2.58 bits per heavy atom. The van der Waals surface area contributed by atoms with Gasteiger partial charge in [0.15, 0.2) is 0 Å². The number of carbonyl (C=O) groups excluding carboxylic acids is 1. The predicted octanol–water partition coefficient (Wildman–Crippen LogP) is 1.09. The Labute approximate surface area is 111 Å². The second kappa shape index (κ2) is 6.84. The van der Waals surface area contributed by atoms with Gasteiger partial charge in [0.25, 0.3) is 0 Å². The zero-order chi connectivity index (χ0) is 14.4. The Balaban J connectivity index is 2.78. The first-order valence-corrected chi connectivity index (χ1v) is 5.92. The molecule has 0 atom stereocenters. The topological polar surface area (TPSA) is 69.6 Å². The summed E-state index contributed by atoms with van der Waals surface area (Å²) in [5.41, 5.74) is 0.284. The molecule has 2 N–H and O–H groups in total. The fraction of sp³-hybridized carbons (Fsp3) is 0.385. The molecule has 0 aliphatic heterocycles. The van der Waals surface area contributed by atoms with Gasteiger partial charge in [-0.2, -0.15) is 0 Å². The molecule has 1 aromatic carbocycles. The van der Waals surface area contributed by atoms with E-state index in [4.69, 9.17) is 5.11 Å². The Morgan fingerprint density at radius 2 is 2.11 bits per heavy atom. The number of carbonyl (C=O) groups is 2. The van der Waals surface area contributed by atoms with Gasteiger partial charge in [-0.3, -0.25) is 9.69 Å². The Kier molecular flexibility index (Phi) is 5.44. The minimum Gasteiger partial charge on any atom is -0.478 e. The quantitative estimate of drug-likeness (QED) is 0.810. The number of benzene rings is 1. The van der Waals surface area contributed by atoms with Crippen molar-refractivity contribution in [3.63, 3.8) is 0 Å². The Hall–Kier alpha value is -1.95. The number of nitrogens with zero attached hydrogens (tertiary/aromatic N) is 1. The lowest BCUT2D eigenvalue weighted by molar-refractivity contribution is -0.121. The highest BCUT2D eigenvalue weighted by Crippen LogP contribution is 2.12. The molecule has 104 valence electrons. The van der Waals surface area contributed by atoms with Crippen LogP contribution in [0.3, 0.4) is 0 Å². The fourth-order valence-electron chi connectivity index (χ4n) is 1.65. The Bertz CT molecular complexity index is 477. The zero-order valence-electron chi connectivity index (χ0n) is 10.9. The van der Waals surface area contributed by atoms with Crippen LogP contribution in [0.1, 0.15) is 22.8 Å². The third-order valence-corrected chi connectivity index (χ3v) is 2.76. The highest BCUT2D eigenvalue weighted by Gasteiger charge is 2.13. The van der Waals surface area contributed by atoms with E-state index >= 15 is 0 Å². The normalized spacial score (nSPS) is 10.5. The molecule has 6 heteroatoms. The van der Waals surface area contributed by atoms with Gasteiger partial charge in [-0.1, -0.05) is 13.0 Å². The molecule has 19 heavy (non-hydrogen) atoms. The van der Waals surface area contributed by atoms with E-state index in [1.54, 1.807) is 13.1 Å². The maximum absolute atomic E-state index is 13.5. The number of carboxylic acid groups (broad SMARTS) is 1. The number of halogens is 1. The lowest BCUT2D eigenvalue weighted by Gasteiger charge is -2.19. The van der Waals surface area contributed by atoms with Crippen molar-refractivity contribution >= 4 is 11.9 Å². The number of aromatic carboxylic acids is 1. The number of rotatable bonds is 6. The summed E-state index contributed by atoms with van der Waals surface area (Å²) in [5.74, 6) is -2.17. The van der Waals surface area contributed by atoms with Crippen molar-refractivity contribution in [3.05, 3.63) is 35.1 Å². The first kappa shape index (κ1) is 15.1. The molecule has 0 spiro atoms. The van der Waals surface area contributed by atoms with Gasteiger partial charge in [0, 0.05) is 13.6 Å². The molecule has 0 fully saturated rings. The number of amides is 1. The molecular formula is C13H17FN2O3. The van der Waals surface area contributed by atoms with Gasteiger partial charge in [0.2, 0.25) is 5.91 Å². The molecule has 0 saturated heterocycles. The van der Waals surface area contributed by atoms with Crippen LogP contribution in [0.2, 0.25) is 0 Å². The molecular weight excluding hydrogens is 251 g/mol. The number of hydrogen-bond donors (Lipinski definition) is 2. The summed E-state index contributed by atoms with van der Waals surface area (Å²) in [4.78, 5) is 23.8. The molecule has 0 aliphatic carbocycles. The molecule has 5 nitrogen and oxygen atoms in total. The summed E-state index contributed by atoms with van der Waals surface area (Å²) in [6.07, 6.45) is 0. The van der Waals surface area contributed by atoms with Crippen molar-refractivity contribution in [1.82, 2.24) is 10.2 Å². The highest BCUT2D eigenvalue weighted by atomic mass is 19.1. The van der Waals surface area contributed by atoms with Crippen LogP contribution in [0, 0.1) is 5.82 Å². The van der Waals surface area contributed by atoms with E-state index in [2.05, 4.69) is 5.32 Å². The first-order chi connectivity index (χ1) is 8.97. The van der Waals surface area contributed by atoms with E-state index in [1.807, 2.05) is 11.8 Å². The molecule has 1 rings (SSSR count). The lowest BCUT2D eigenvalue weighted by atomic mass is 10.1. The van der Waals surface area contributed by atoms with Crippen molar-refractivity contribution in [2.45, 2.75) is 13.5 Å². The number of nitrogens with one attached hydrogen (secondary N) is 1. The van der Waals surface area contributed by atoms with E-state index in [0.717, 1.165) is 0 Å². The molecule has 0 unspecified atom stereocenters. The number of likely N-dealkylation sites (N-methyl/N-ethyl adjacent to an activating group) is 2. The summed E-state index contributed by atoms with van der Waals surface area (Å²) in [6, 6.07) is 3.98. The average molecular weight is 268 g/mol. The lowest BCUT2D eigenvalue weighted by Crippen LogP contribution is -2.35. The summed E-state index contributed by atoms with van der Waals surface area (Å²) >= 11 is 0. The predicted molar refractivity (Wildman–Crippen MR) is 68.4 cm³/mol. The van der Waals surface area contributed by atoms with Crippen molar-refractivity contribution in [2.24, 2.45) is 0 Å². The van der Waals surface area contributed by atoms with E-state index in [9.17, 15) is 14.0 Å². The van der Waals surface area contributed by atoms with E-state index in [1.165, 1.54) is 12.1 Å². The molecule has 1 amide bonds. The van der Waals surface area contributed by atoms with Gasteiger partial charge >= 0.3 is 5.97 Å². The molecule has 0 radical (unpaired) electrons. The van der Waals surface area contributed by atoms with E-state index < -0.39 is 11.8 Å². The molecule has 0 bridgehead atoms. The van der Waals surface area contributed by atoms with Crippen molar-refractivity contribution in [2.75, 3.05) is 20.1 Å². The van der Waals surface area contributed by atoms with Gasteiger partial charge in [-0.05, 0) is 24.2 Å². The van der Waals surface area contributed by atoms with Gasteiger partial charge in [0.1, 0.15) is 5.82 Å². The van der Waals surface area contributed by atoms with Crippen LogP contribution in [-0.4, -0.2) is 42.0 Å². The highest BCUT2D eigenvalue weighted by molar-refractivity contribution is 5.87. The minimum absolute atomic E-state index is 0.121. The molecule has 1 aromatic rings. The van der Waals surface area contributed by atoms with Crippen LogP contribution >= 0.6 is 0 Å². The zero-order valence-corrected chi connectivity index (χ0v) is 10.9. The van der Waals surface area contributed by atoms with Crippen LogP contribution in [0.15, 0.2) is 18.2 Å². The maximum Gasteiger partial charge on any atom is 0.338 e. The van der Waals surface area contributed by atoms with Gasteiger partial charge in [0.05, 0.1) is 12.1 Å². The van der Waals surface area contributed by atoms with Crippen molar-refractivity contribution < 1.29 is 19.1 Å². The molecule has 0 aliphatic rings. The third kappa shape index (κ3) is 4.33. The van der Waals surface area contributed by atoms with Crippen LogP contribution in [0.25, 0.3) is 0 Å². The summed E-state index contributed by atoms with van der Waals surface area (Å²) in [6.45, 7) is 3.14. The van der Waals surface area contributed by atoms with E-state index in [-0.39, 0.29) is 18.0 Å². The summed E-state index contributed by atoms with van der Waals surface area (Å²) in [5, 5.41) is 11.3. The minimum atomic E-state index is -1.29. The van der Waals surface area contributed by atoms with Gasteiger partial charge < -0.3 is 10.4 Å². The number of hydrogen-bond acceptors (Lipinski definition) is 3. The third-order valence-electron chi connectivity index (χ3n) is 2.76. The van der Waals surface area contributed by atoms with Gasteiger partial charge in [-0.25, -0.2) is 9.18 Å². The first-order valence-electron chi connectivity index (χ1n) is 5.92.